The minimum atomic E-state index is -3.64. The van der Waals surface area contributed by atoms with Crippen LogP contribution in [0.1, 0.15) is 23.2 Å². The fourth-order valence-electron chi connectivity index (χ4n) is 3.17. The van der Waals surface area contributed by atoms with Crippen LogP contribution in [0.15, 0.2) is 58.2 Å². The number of fused-ring (bicyclic) bond motifs is 1. The van der Waals surface area contributed by atoms with E-state index in [1.54, 1.807) is 24.3 Å². The van der Waals surface area contributed by atoms with Crippen LogP contribution >= 0.6 is 0 Å². The van der Waals surface area contributed by atoms with E-state index in [4.69, 9.17) is 4.74 Å². The minimum Gasteiger partial charge on any atom is -0.439 e. The van der Waals surface area contributed by atoms with Crippen molar-refractivity contribution in [3.8, 4) is 0 Å². The number of benzene rings is 2. The summed E-state index contributed by atoms with van der Waals surface area (Å²) in [4.78, 5) is 24.8. The van der Waals surface area contributed by atoms with Crippen LogP contribution in [0.5, 0.6) is 0 Å². The Morgan fingerprint density at radius 1 is 1.07 bits per heavy atom. The smallest absolute Gasteiger partial charge is 0.339 e. The maximum atomic E-state index is 12.7. The molecule has 0 N–H and O–H groups in total. The van der Waals surface area contributed by atoms with E-state index in [0.29, 0.717) is 24.0 Å². The number of carbonyl (C=O) groups excluding carboxylic acids is 1. The minimum absolute atomic E-state index is 0.0384. The van der Waals surface area contributed by atoms with Crippen molar-refractivity contribution in [2.75, 3.05) is 13.1 Å². The molecule has 1 aliphatic rings. The average molecular weight is 414 g/mol. The molecule has 0 spiro atoms. The molecule has 1 fully saturated rings. The van der Waals surface area contributed by atoms with Gasteiger partial charge in [-0.15, -0.1) is 5.10 Å². The molecule has 10 heteroatoms. The Bertz CT molecular complexity index is 1230. The first-order valence-electron chi connectivity index (χ1n) is 9.07. The molecule has 4 rings (SSSR count). The molecule has 0 unspecified atom stereocenters. The number of carbonyl (C=O) groups is 1. The number of nitrogens with zero attached hydrogens (tertiary/aromatic N) is 4. The van der Waals surface area contributed by atoms with Gasteiger partial charge in [0, 0.05) is 13.1 Å². The maximum Gasteiger partial charge on any atom is 0.339 e. The third kappa shape index (κ3) is 3.76. The van der Waals surface area contributed by atoms with E-state index in [-0.39, 0.29) is 10.5 Å². The van der Waals surface area contributed by atoms with Crippen molar-refractivity contribution < 1.29 is 17.9 Å². The zero-order chi connectivity index (χ0) is 20.4. The van der Waals surface area contributed by atoms with Gasteiger partial charge < -0.3 is 4.74 Å². The van der Waals surface area contributed by atoms with E-state index in [1.165, 1.54) is 28.6 Å². The summed E-state index contributed by atoms with van der Waals surface area (Å²) in [6.07, 6.45) is 1.64. The molecule has 29 heavy (non-hydrogen) atoms. The van der Waals surface area contributed by atoms with E-state index < -0.39 is 28.3 Å². The number of rotatable bonds is 5. The predicted octanol–water partition coefficient (Wildman–Crippen LogP) is 1.39. The Morgan fingerprint density at radius 2 is 1.83 bits per heavy atom. The highest BCUT2D eigenvalue weighted by Gasteiger charge is 2.27. The van der Waals surface area contributed by atoms with Gasteiger partial charge >= 0.3 is 5.97 Å². The van der Waals surface area contributed by atoms with Crippen LogP contribution in [-0.4, -0.2) is 46.8 Å². The van der Waals surface area contributed by atoms with Crippen molar-refractivity contribution in [1.29, 1.82) is 0 Å². The van der Waals surface area contributed by atoms with Gasteiger partial charge in [0.15, 0.2) is 6.73 Å². The van der Waals surface area contributed by atoms with Crippen LogP contribution in [0.4, 0.5) is 0 Å². The lowest BCUT2D eigenvalue weighted by molar-refractivity contribution is 0.0336. The number of ether oxygens (including phenoxy) is 1. The molecule has 0 bridgehead atoms. The predicted molar refractivity (Wildman–Crippen MR) is 104 cm³/mol. The van der Waals surface area contributed by atoms with Gasteiger partial charge in [0.1, 0.15) is 5.52 Å². The largest absolute Gasteiger partial charge is 0.439 e. The SMILES string of the molecule is O=C(OCn1nnc2ccccc2c1=O)c1cccc(S(=O)(=O)N2CCCC2)c1. The molecule has 0 aliphatic carbocycles. The molecule has 2 aromatic carbocycles. The molecule has 9 nitrogen and oxygen atoms in total. The average Bonchev–Trinajstić information content (AvgIpc) is 3.29. The fourth-order valence-corrected chi connectivity index (χ4v) is 4.74. The second-order valence-electron chi connectivity index (χ2n) is 6.61. The van der Waals surface area contributed by atoms with Crippen molar-refractivity contribution in [3.05, 3.63) is 64.4 Å². The van der Waals surface area contributed by atoms with E-state index in [1.807, 2.05) is 0 Å². The normalized spacial score (nSPS) is 14.9. The zero-order valence-electron chi connectivity index (χ0n) is 15.4. The molecular weight excluding hydrogens is 396 g/mol. The third-order valence-electron chi connectivity index (χ3n) is 4.72. The Hall–Kier alpha value is -3.11. The van der Waals surface area contributed by atoms with Gasteiger partial charge in [-0.05, 0) is 43.2 Å². The van der Waals surface area contributed by atoms with Crippen molar-refractivity contribution in [2.24, 2.45) is 0 Å². The Morgan fingerprint density at radius 3 is 2.62 bits per heavy atom. The monoisotopic (exact) mass is 414 g/mol. The van der Waals surface area contributed by atoms with Gasteiger partial charge in [-0.2, -0.15) is 8.99 Å². The molecule has 0 saturated carbocycles. The molecule has 0 amide bonds. The topological polar surface area (TPSA) is 111 Å². The summed E-state index contributed by atoms with van der Waals surface area (Å²) in [6, 6.07) is 12.4. The number of esters is 1. The molecule has 0 atom stereocenters. The number of aromatic nitrogens is 3. The van der Waals surface area contributed by atoms with E-state index in [2.05, 4.69) is 10.3 Å². The van der Waals surface area contributed by atoms with Gasteiger partial charge in [-0.3, -0.25) is 4.79 Å². The Labute approximate surface area is 166 Å². The van der Waals surface area contributed by atoms with Crippen molar-refractivity contribution >= 4 is 26.9 Å². The second-order valence-corrected chi connectivity index (χ2v) is 8.55. The summed E-state index contributed by atoms with van der Waals surface area (Å²) in [5, 5.41) is 8.03. The zero-order valence-corrected chi connectivity index (χ0v) is 16.2. The van der Waals surface area contributed by atoms with Gasteiger partial charge in [0.25, 0.3) is 5.56 Å². The van der Waals surface area contributed by atoms with E-state index in [9.17, 15) is 18.0 Å². The highest BCUT2D eigenvalue weighted by atomic mass is 32.2. The standard InChI is InChI=1S/C19H18N4O5S/c24-18-16-8-1-2-9-17(16)20-21-23(18)13-28-19(25)14-6-5-7-15(12-14)29(26,27)22-10-3-4-11-22/h1-2,5-9,12H,3-4,10-11,13H2. The van der Waals surface area contributed by atoms with Gasteiger partial charge in [0.2, 0.25) is 10.0 Å². The van der Waals surface area contributed by atoms with Crippen LogP contribution in [-0.2, 0) is 21.5 Å². The lowest BCUT2D eigenvalue weighted by Gasteiger charge is -2.15. The number of hydrogen-bond donors (Lipinski definition) is 0. The van der Waals surface area contributed by atoms with Crippen molar-refractivity contribution in [1.82, 2.24) is 19.3 Å². The molecule has 2 heterocycles. The first-order valence-corrected chi connectivity index (χ1v) is 10.5. The summed E-state index contributed by atoms with van der Waals surface area (Å²) in [6.45, 7) is 0.514. The number of sulfonamides is 1. The van der Waals surface area contributed by atoms with Gasteiger partial charge in [-0.1, -0.05) is 23.4 Å². The highest BCUT2D eigenvalue weighted by Crippen LogP contribution is 2.21. The van der Waals surface area contributed by atoms with Crippen molar-refractivity contribution in [2.45, 2.75) is 24.5 Å². The first-order chi connectivity index (χ1) is 14.0. The van der Waals surface area contributed by atoms with Crippen LogP contribution in [0, 0.1) is 0 Å². The maximum absolute atomic E-state index is 12.7. The summed E-state index contributed by atoms with van der Waals surface area (Å²) in [5.41, 5.74) is 0.0840. The molecule has 1 saturated heterocycles. The van der Waals surface area contributed by atoms with Crippen LogP contribution in [0.25, 0.3) is 10.9 Å². The second kappa shape index (κ2) is 7.72. The molecule has 0 radical (unpaired) electrons. The summed E-state index contributed by atoms with van der Waals surface area (Å²) < 4.78 is 32.8. The fraction of sp³-hybridized carbons (Fsp3) is 0.263. The van der Waals surface area contributed by atoms with E-state index >= 15 is 0 Å². The lowest BCUT2D eigenvalue weighted by atomic mass is 10.2. The summed E-state index contributed by atoms with van der Waals surface area (Å²) in [5.74, 6) is -0.759. The summed E-state index contributed by atoms with van der Waals surface area (Å²) >= 11 is 0. The third-order valence-corrected chi connectivity index (χ3v) is 6.61. The van der Waals surface area contributed by atoms with Crippen LogP contribution < -0.4 is 5.56 Å². The van der Waals surface area contributed by atoms with Crippen LogP contribution in [0.2, 0.25) is 0 Å². The molecule has 1 aliphatic heterocycles. The Kier molecular flexibility index (Phi) is 5.12. The van der Waals surface area contributed by atoms with Gasteiger partial charge in [-0.25, -0.2) is 13.2 Å². The highest BCUT2D eigenvalue weighted by molar-refractivity contribution is 7.89. The van der Waals surface area contributed by atoms with Crippen molar-refractivity contribution in [3.63, 3.8) is 0 Å². The lowest BCUT2D eigenvalue weighted by Crippen LogP contribution is -2.28. The summed E-state index contributed by atoms with van der Waals surface area (Å²) in [7, 11) is -3.64. The first kappa shape index (κ1) is 19.2. The molecule has 3 aromatic rings. The Balaban J connectivity index is 1.52. The van der Waals surface area contributed by atoms with E-state index in [0.717, 1.165) is 17.5 Å². The van der Waals surface area contributed by atoms with Gasteiger partial charge in [0.05, 0.1) is 15.8 Å². The van der Waals surface area contributed by atoms with Crippen LogP contribution in [0.3, 0.4) is 0 Å². The molecular formula is C19H18N4O5S. The quantitative estimate of drug-likeness (QED) is 0.580. The molecule has 150 valence electrons. The molecule has 1 aromatic heterocycles. The number of hydrogen-bond acceptors (Lipinski definition) is 7.